The molecule has 29 heavy (non-hydrogen) atoms. The van der Waals surface area contributed by atoms with Gasteiger partial charge in [0.15, 0.2) is 6.20 Å². The second-order valence-corrected chi connectivity index (χ2v) is 6.50. The minimum absolute atomic E-state index is 0.00184. The molecule has 1 aliphatic heterocycles. The summed E-state index contributed by atoms with van der Waals surface area (Å²) in [6, 6.07) is 13.2. The number of amides is 1. The first-order valence-electron chi connectivity index (χ1n) is 8.69. The van der Waals surface area contributed by atoms with Crippen molar-refractivity contribution in [3.63, 3.8) is 0 Å². The largest absolute Gasteiger partial charge is 0.619 e. The molecular formula is C21H14F3N3O2. The molecule has 0 radical (unpaired) electrons. The van der Waals surface area contributed by atoms with Gasteiger partial charge in [0, 0.05) is 18.1 Å². The zero-order chi connectivity index (χ0) is 20.6. The normalized spacial score (nSPS) is 13.0. The Labute approximate surface area is 163 Å². The highest BCUT2D eigenvalue weighted by atomic mass is 19.4. The fourth-order valence-electron chi connectivity index (χ4n) is 3.27. The van der Waals surface area contributed by atoms with E-state index in [0.29, 0.717) is 21.7 Å². The van der Waals surface area contributed by atoms with Crippen molar-refractivity contribution in [3.05, 3.63) is 94.5 Å². The zero-order valence-electron chi connectivity index (χ0n) is 14.9. The monoisotopic (exact) mass is 397 g/mol. The number of para-hydroxylation sites is 1. The Balaban J connectivity index is 1.70. The summed E-state index contributed by atoms with van der Waals surface area (Å²) in [6.45, 7) is 0. The standard InChI is InChI=1S/C21H14F3N3O2/c22-21(23,24)17-9-2-1-7-15(17)18-11-13-5-3-8-16(19(13)26-18)20(28)25-14-6-4-10-27(29)12-14/h1-10,12H,11H2,(H,25,28). The lowest BCUT2D eigenvalue weighted by Gasteiger charge is -2.12. The van der Waals surface area contributed by atoms with Crippen molar-refractivity contribution in [2.24, 2.45) is 4.99 Å². The average Bonchev–Trinajstić information content (AvgIpc) is 3.11. The average molecular weight is 397 g/mol. The molecule has 1 amide bonds. The Bertz CT molecular complexity index is 1140. The number of alkyl halides is 3. The maximum Gasteiger partial charge on any atom is 0.417 e. The lowest BCUT2D eigenvalue weighted by atomic mass is 9.98. The molecule has 0 spiro atoms. The van der Waals surface area contributed by atoms with Crippen molar-refractivity contribution >= 4 is 23.0 Å². The molecule has 146 valence electrons. The Hall–Kier alpha value is -3.68. The lowest BCUT2D eigenvalue weighted by Crippen LogP contribution is -2.25. The van der Waals surface area contributed by atoms with Gasteiger partial charge in [0.1, 0.15) is 5.69 Å². The number of hydrogen-bond acceptors (Lipinski definition) is 3. The van der Waals surface area contributed by atoms with Crippen LogP contribution in [0.15, 0.2) is 72.0 Å². The van der Waals surface area contributed by atoms with Crippen molar-refractivity contribution in [3.8, 4) is 0 Å². The van der Waals surface area contributed by atoms with Gasteiger partial charge in [-0.25, -0.2) is 0 Å². The van der Waals surface area contributed by atoms with Gasteiger partial charge < -0.3 is 10.5 Å². The summed E-state index contributed by atoms with van der Waals surface area (Å²) in [4.78, 5) is 17.0. The van der Waals surface area contributed by atoms with E-state index in [-0.39, 0.29) is 23.3 Å². The number of nitrogens with zero attached hydrogens (tertiary/aromatic N) is 2. The van der Waals surface area contributed by atoms with Crippen LogP contribution in [0, 0.1) is 5.21 Å². The van der Waals surface area contributed by atoms with E-state index in [9.17, 15) is 23.2 Å². The number of carbonyl (C=O) groups excluding carboxylic acids is 1. The maximum absolute atomic E-state index is 13.4. The van der Waals surface area contributed by atoms with Gasteiger partial charge in [-0.3, -0.25) is 9.79 Å². The predicted octanol–water partition coefficient (Wildman–Crippen LogP) is 4.27. The highest BCUT2D eigenvalue weighted by Gasteiger charge is 2.35. The van der Waals surface area contributed by atoms with Gasteiger partial charge >= 0.3 is 6.18 Å². The van der Waals surface area contributed by atoms with Crippen LogP contribution in [0.3, 0.4) is 0 Å². The SMILES string of the molecule is O=C(Nc1ccc[n+]([O-])c1)c1cccc2c1N=C(c1ccccc1C(F)(F)F)C2. The second kappa shape index (κ2) is 7.05. The number of halogens is 3. The second-order valence-electron chi connectivity index (χ2n) is 6.50. The first-order valence-corrected chi connectivity index (χ1v) is 8.69. The summed E-state index contributed by atoms with van der Waals surface area (Å²) in [5.74, 6) is -0.498. The van der Waals surface area contributed by atoms with E-state index in [2.05, 4.69) is 10.3 Å². The number of pyridine rings is 1. The molecule has 0 aliphatic carbocycles. The van der Waals surface area contributed by atoms with Crippen LogP contribution in [0.5, 0.6) is 0 Å². The van der Waals surface area contributed by atoms with Crippen LogP contribution in [-0.2, 0) is 12.6 Å². The molecular weight excluding hydrogens is 383 g/mol. The van der Waals surface area contributed by atoms with E-state index >= 15 is 0 Å². The smallest absolute Gasteiger partial charge is 0.417 e. The fourth-order valence-corrected chi connectivity index (χ4v) is 3.27. The van der Waals surface area contributed by atoms with E-state index in [1.165, 1.54) is 36.7 Å². The Morgan fingerprint density at radius 3 is 2.62 bits per heavy atom. The summed E-state index contributed by atoms with van der Waals surface area (Å²) in [6.07, 6.45) is -1.83. The number of benzene rings is 2. The highest BCUT2D eigenvalue weighted by molar-refractivity contribution is 6.13. The first-order chi connectivity index (χ1) is 13.8. The molecule has 0 saturated heterocycles. The third kappa shape index (κ3) is 3.69. The molecule has 0 unspecified atom stereocenters. The Kier molecular flexibility index (Phi) is 4.54. The molecule has 4 rings (SSSR count). The van der Waals surface area contributed by atoms with Crippen LogP contribution in [-0.4, -0.2) is 11.6 Å². The summed E-state index contributed by atoms with van der Waals surface area (Å²) >= 11 is 0. The van der Waals surface area contributed by atoms with E-state index in [1.807, 2.05) is 0 Å². The Morgan fingerprint density at radius 1 is 1.07 bits per heavy atom. The summed E-state index contributed by atoms with van der Waals surface area (Å²) in [5.41, 5.74) is 1.02. The minimum atomic E-state index is -4.50. The van der Waals surface area contributed by atoms with Crippen LogP contribution in [0.1, 0.15) is 27.0 Å². The molecule has 0 fully saturated rings. The number of rotatable bonds is 3. The molecule has 0 saturated carbocycles. The fraction of sp³-hybridized carbons (Fsp3) is 0.0952. The van der Waals surface area contributed by atoms with Crippen molar-refractivity contribution < 1.29 is 22.7 Å². The van der Waals surface area contributed by atoms with E-state index in [0.717, 1.165) is 6.07 Å². The highest BCUT2D eigenvalue weighted by Crippen LogP contribution is 2.37. The molecule has 2 heterocycles. The van der Waals surface area contributed by atoms with Gasteiger partial charge in [0.05, 0.1) is 22.5 Å². The molecule has 1 N–H and O–H groups in total. The van der Waals surface area contributed by atoms with Crippen molar-refractivity contribution in [1.29, 1.82) is 0 Å². The quantitative estimate of drug-likeness (QED) is 0.530. The molecule has 1 aromatic heterocycles. The molecule has 5 nitrogen and oxygen atoms in total. The minimum Gasteiger partial charge on any atom is -0.619 e. The van der Waals surface area contributed by atoms with Gasteiger partial charge in [0.2, 0.25) is 6.20 Å². The van der Waals surface area contributed by atoms with Crippen molar-refractivity contribution in [2.45, 2.75) is 12.6 Å². The number of nitrogens with one attached hydrogen (secondary N) is 1. The lowest BCUT2D eigenvalue weighted by molar-refractivity contribution is -0.604. The van der Waals surface area contributed by atoms with Gasteiger partial charge in [-0.2, -0.15) is 17.9 Å². The summed E-state index contributed by atoms with van der Waals surface area (Å²) in [5, 5.41) is 14.0. The molecule has 0 atom stereocenters. The van der Waals surface area contributed by atoms with Crippen LogP contribution in [0.2, 0.25) is 0 Å². The number of hydrogen-bond donors (Lipinski definition) is 1. The number of fused-ring (bicyclic) bond motifs is 1. The maximum atomic E-state index is 13.4. The van der Waals surface area contributed by atoms with E-state index < -0.39 is 17.6 Å². The van der Waals surface area contributed by atoms with Crippen molar-refractivity contribution in [1.82, 2.24) is 0 Å². The summed E-state index contributed by atoms with van der Waals surface area (Å²) in [7, 11) is 0. The summed E-state index contributed by atoms with van der Waals surface area (Å²) < 4.78 is 40.7. The third-order valence-electron chi connectivity index (χ3n) is 4.55. The molecule has 0 bridgehead atoms. The molecule has 3 aromatic rings. The zero-order valence-corrected chi connectivity index (χ0v) is 14.9. The topological polar surface area (TPSA) is 68.4 Å². The van der Waals surface area contributed by atoms with Gasteiger partial charge in [0.25, 0.3) is 5.91 Å². The molecule has 8 heteroatoms. The number of anilines is 1. The number of aliphatic imine (C=N–C) groups is 1. The van der Waals surface area contributed by atoms with Crippen LogP contribution in [0.25, 0.3) is 0 Å². The van der Waals surface area contributed by atoms with Crippen molar-refractivity contribution in [2.75, 3.05) is 5.32 Å². The first kappa shape index (κ1) is 18.7. The van der Waals surface area contributed by atoms with E-state index in [4.69, 9.17) is 0 Å². The number of carbonyl (C=O) groups is 1. The number of aromatic nitrogens is 1. The van der Waals surface area contributed by atoms with Gasteiger partial charge in [-0.05, 0) is 23.8 Å². The predicted molar refractivity (Wildman–Crippen MR) is 101 cm³/mol. The molecule has 2 aromatic carbocycles. The Morgan fingerprint density at radius 2 is 1.86 bits per heavy atom. The van der Waals surface area contributed by atoms with Gasteiger partial charge in [-0.15, -0.1) is 0 Å². The van der Waals surface area contributed by atoms with E-state index in [1.54, 1.807) is 24.3 Å². The van der Waals surface area contributed by atoms with Crippen LogP contribution < -0.4 is 10.0 Å². The third-order valence-corrected chi connectivity index (χ3v) is 4.55. The molecule has 1 aliphatic rings. The van der Waals surface area contributed by atoms with Crippen LogP contribution in [0.4, 0.5) is 24.5 Å². The van der Waals surface area contributed by atoms with Gasteiger partial charge in [-0.1, -0.05) is 30.3 Å². The van der Waals surface area contributed by atoms with Crippen LogP contribution >= 0.6 is 0 Å².